The molecule has 0 atom stereocenters. The molecular formula is C24H24FN3O7S. The number of amides is 1. The van der Waals surface area contributed by atoms with Gasteiger partial charge in [-0.3, -0.25) is 19.2 Å². The average Bonchev–Trinajstić information content (AvgIpc) is 2.83. The van der Waals surface area contributed by atoms with Crippen molar-refractivity contribution in [2.24, 2.45) is 0 Å². The zero-order valence-corrected chi connectivity index (χ0v) is 20.8. The number of carbonyl (C=O) groups is 1. The largest absolute Gasteiger partial charge is 0.493 e. The van der Waals surface area contributed by atoms with Crippen LogP contribution in [0.25, 0.3) is 0 Å². The molecule has 0 aliphatic carbocycles. The van der Waals surface area contributed by atoms with E-state index in [1.54, 1.807) is 6.07 Å². The Hall–Kier alpha value is -4.19. The van der Waals surface area contributed by atoms with Gasteiger partial charge in [0, 0.05) is 17.7 Å². The van der Waals surface area contributed by atoms with Crippen LogP contribution in [0.4, 0.5) is 21.5 Å². The van der Waals surface area contributed by atoms with Crippen LogP contribution in [0.2, 0.25) is 0 Å². The summed E-state index contributed by atoms with van der Waals surface area (Å²) in [7, 11) is -1.34. The molecule has 0 fully saturated rings. The lowest BCUT2D eigenvalue weighted by Gasteiger charge is -2.26. The van der Waals surface area contributed by atoms with Crippen LogP contribution in [0.5, 0.6) is 11.5 Å². The van der Waals surface area contributed by atoms with Crippen LogP contribution in [0.3, 0.4) is 0 Å². The van der Waals surface area contributed by atoms with E-state index >= 15 is 0 Å². The Bertz CT molecular complexity index is 1430. The lowest BCUT2D eigenvalue weighted by atomic mass is 10.1. The molecule has 0 aliphatic rings. The predicted molar refractivity (Wildman–Crippen MR) is 133 cm³/mol. The topological polar surface area (TPSA) is 128 Å². The van der Waals surface area contributed by atoms with Crippen LogP contribution < -0.4 is 19.1 Å². The number of ether oxygens (including phenoxy) is 2. The van der Waals surface area contributed by atoms with E-state index in [1.165, 1.54) is 69.7 Å². The highest BCUT2D eigenvalue weighted by Gasteiger charge is 2.28. The molecule has 1 N–H and O–H groups in total. The van der Waals surface area contributed by atoms with Gasteiger partial charge in [-0.05, 0) is 25.1 Å². The first-order chi connectivity index (χ1) is 17.0. The SMILES string of the molecule is COc1cc(C(=O)Nc2cccc([N+](=O)[O-])c2C)c(N(Cc2ccccc2F)S(C)(=O)=O)cc1OC. The van der Waals surface area contributed by atoms with Crippen LogP contribution in [0.1, 0.15) is 21.5 Å². The van der Waals surface area contributed by atoms with Gasteiger partial charge in [-0.2, -0.15) is 0 Å². The van der Waals surface area contributed by atoms with Gasteiger partial charge in [-0.25, -0.2) is 12.8 Å². The maximum Gasteiger partial charge on any atom is 0.274 e. The molecule has 0 saturated heterocycles. The molecule has 0 spiro atoms. The summed E-state index contributed by atoms with van der Waals surface area (Å²) in [5.41, 5.74) is 0.0229. The summed E-state index contributed by atoms with van der Waals surface area (Å²) in [6.07, 6.45) is 0.928. The summed E-state index contributed by atoms with van der Waals surface area (Å²) >= 11 is 0. The van der Waals surface area contributed by atoms with E-state index in [2.05, 4.69) is 5.32 Å². The van der Waals surface area contributed by atoms with Crippen LogP contribution >= 0.6 is 0 Å². The molecule has 10 nitrogen and oxygen atoms in total. The fourth-order valence-electron chi connectivity index (χ4n) is 3.57. The fraction of sp³-hybridized carbons (Fsp3) is 0.208. The highest BCUT2D eigenvalue weighted by molar-refractivity contribution is 7.92. The van der Waals surface area contributed by atoms with Crippen molar-refractivity contribution in [2.75, 3.05) is 30.1 Å². The molecule has 0 aromatic heterocycles. The lowest BCUT2D eigenvalue weighted by Crippen LogP contribution is -2.32. The summed E-state index contributed by atoms with van der Waals surface area (Å²) in [6, 6.07) is 12.4. The molecule has 3 rings (SSSR count). The Kier molecular flexibility index (Phi) is 7.78. The van der Waals surface area contributed by atoms with Gasteiger partial charge in [0.15, 0.2) is 11.5 Å². The normalized spacial score (nSPS) is 11.0. The van der Waals surface area contributed by atoms with Crippen molar-refractivity contribution in [1.29, 1.82) is 0 Å². The molecule has 12 heteroatoms. The number of carbonyl (C=O) groups excluding carboxylic acids is 1. The number of sulfonamides is 1. The Balaban J connectivity index is 2.18. The smallest absolute Gasteiger partial charge is 0.274 e. The number of rotatable bonds is 9. The molecule has 190 valence electrons. The van der Waals surface area contributed by atoms with Crippen molar-refractivity contribution in [2.45, 2.75) is 13.5 Å². The predicted octanol–water partition coefficient (Wildman–Crippen LogP) is 4.28. The maximum atomic E-state index is 14.4. The molecular weight excluding hydrogens is 493 g/mol. The molecule has 1 amide bonds. The average molecular weight is 518 g/mol. The number of halogens is 1. The summed E-state index contributed by atoms with van der Waals surface area (Å²) in [4.78, 5) is 24.1. The number of hydrogen-bond acceptors (Lipinski definition) is 7. The van der Waals surface area contributed by atoms with Gasteiger partial charge in [0.2, 0.25) is 10.0 Å². The first-order valence-electron chi connectivity index (χ1n) is 10.5. The lowest BCUT2D eigenvalue weighted by molar-refractivity contribution is -0.385. The van der Waals surface area contributed by atoms with Crippen molar-refractivity contribution in [1.82, 2.24) is 0 Å². The van der Waals surface area contributed by atoms with E-state index in [0.29, 0.717) is 0 Å². The summed E-state index contributed by atoms with van der Waals surface area (Å²) in [6.45, 7) is 1.07. The van der Waals surface area contributed by atoms with Crippen molar-refractivity contribution in [3.05, 3.63) is 87.2 Å². The second-order valence-corrected chi connectivity index (χ2v) is 9.65. The highest BCUT2D eigenvalue weighted by Crippen LogP contribution is 2.38. The van der Waals surface area contributed by atoms with Crippen molar-refractivity contribution < 1.29 is 32.0 Å². The number of nitrogens with one attached hydrogen (secondary N) is 1. The Morgan fingerprint density at radius 2 is 1.72 bits per heavy atom. The van der Waals surface area contributed by atoms with Gasteiger partial charge in [0.1, 0.15) is 5.82 Å². The van der Waals surface area contributed by atoms with Crippen LogP contribution in [0.15, 0.2) is 54.6 Å². The van der Waals surface area contributed by atoms with E-state index in [1.807, 2.05) is 0 Å². The quantitative estimate of drug-likeness (QED) is 0.331. The number of nitro benzene ring substituents is 1. The minimum Gasteiger partial charge on any atom is -0.493 e. The van der Waals surface area contributed by atoms with Gasteiger partial charge in [0.05, 0.1) is 54.4 Å². The molecule has 0 aliphatic heterocycles. The molecule has 3 aromatic carbocycles. The van der Waals surface area contributed by atoms with Crippen molar-refractivity contribution in [3.63, 3.8) is 0 Å². The number of anilines is 2. The first kappa shape index (κ1) is 26.4. The summed E-state index contributed by atoms with van der Waals surface area (Å²) in [5, 5.41) is 13.9. The van der Waals surface area contributed by atoms with Gasteiger partial charge >= 0.3 is 0 Å². The summed E-state index contributed by atoms with van der Waals surface area (Å²) in [5.74, 6) is -1.11. The summed E-state index contributed by atoms with van der Waals surface area (Å²) < 4.78 is 51.5. The molecule has 0 saturated carbocycles. The third-order valence-electron chi connectivity index (χ3n) is 5.44. The van der Waals surface area contributed by atoms with E-state index in [0.717, 1.165) is 10.6 Å². The van der Waals surface area contributed by atoms with E-state index in [9.17, 15) is 27.7 Å². The van der Waals surface area contributed by atoms with Gasteiger partial charge < -0.3 is 14.8 Å². The molecule has 0 unspecified atom stereocenters. The van der Waals surface area contributed by atoms with E-state index < -0.39 is 33.2 Å². The van der Waals surface area contributed by atoms with E-state index in [-0.39, 0.29) is 45.3 Å². The van der Waals surface area contributed by atoms with Crippen LogP contribution in [-0.2, 0) is 16.6 Å². The van der Waals surface area contributed by atoms with Gasteiger partial charge in [-0.1, -0.05) is 24.3 Å². The minimum atomic E-state index is -4.03. The zero-order valence-electron chi connectivity index (χ0n) is 19.9. The number of methoxy groups -OCH3 is 2. The first-order valence-corrected chi connectivity index (χ1v) is 12.3. The number of nitro groups is 1. The Morgan fingerprint density at radius 1 is 1.08 bits per heavy atom. The zero-order chi connectivity index (χ0) is 26.6. The third-order valence-corrected chi connectivity index (χ3v) is 6.56. The minimum absolute atomic E-state index is 0.0820. The molecule has 36 heavy (non-hydrogen) atoms. The van der Waals surface area contributed by atoms with E-state index in [4.69, 9.17) is 9.47 Å². The molecule has 0 heterocycles. The van der Waals surface area contributed by atoms with Crippen LogP contribution in [0, 0.1) is 22.9 Å². The number of benzene rings is 3. The highest BCUT2D eigenvalue weighted by atomic mass is 32.2. The maximum absolute atomic E-state index is 14.4. The fourth-order valence-corrected chi connectivity index (χ4v) is 4.45. The van der Waals surface area contributed by atoms with Gasteiger partial charge in [0.25, 0.3) is 11.6 Å². The Labute approximate surface area is 207 Å². The number of hydrogen-bond donors (Lipinski definition) is 1. The second-order valence-electron chi connectivity index (χ2n) is 7.75. The standard InChI is InChI=1S/C24H24FN3O7S/c1-15-19(10-7-11-20(15)28(30)31)26-24(29)17-12-22(34-2)23(35-3)13-21(17)27(36(4,32)33)14-16-8-5-6-9-18(16)25/h5-13H,14H2,1-4H3,(H,26,29). The van der Waals surface area contributed by atoms with Crippen LogP contribution in [-0.4, -0.2) is 39.7 Å². The third kappa shape index (κ3) is 5.54. The second kappa shape index (κ2) is 10.6. The van der Waals surface area contributed by atoms with Gasteiger partial charge in [-0.15, -0.1) is 0 Å². The Morgan fingerprint density at radius 3 is 2.31 bits per heavy atom. The molecule has 0 radical (unpaired) electrons. The number of nitrogens with zero attached hydrogens (tertiary/aromatic N) is 2. The van der Waals surface area contributed by atoms with Crippen molar-refractivity contribution in [3.8, 4) is 11.5 Å². The molecule has 3 aromatic rings. The van der Waals surface area contributed by atoms with Crippen molar-refractivity contribution >= 4 is 33.0 Å². The molecule has 0 bridgehead atoms. The monoisotopic (exact) mass is 517 g/mol.